The van der Waals surface area contributed by atoms with Crippen LogP contribution in [-0.2, 0) is 6.18 Å². The number of alkyl halides is 4. The molecular formula is C12H14BrClF3N. The third-order valence-corrected chi connectivity index (χ3v) is 3.70. The minimum Gasteiger partial charge on any atom is -0.384 e. The van der Waals surface area contributed by atoms with E-state index in [1.807, 2.05) is 6.92 Å². The molecule has 102 valence electrons. The second kappa shape index (κ2) is 6.66. The maximum atomic E-state index is 12.4. The lowest BCUT2D eigenvalue weighted by Crippen LogP contribution is -2.09. The molecule has 0 bridgehead atoms. The number of nitrogens with one attached hydrogen (secondary N) is 1. The molecule has 0 saturated heterocycles. The highest BCUT2D eigenvalue weighted by molar-refractivity contribution is 9.10. The van der Waals surface area contributed by atoms with Gasteiger partial charge in [-0.25, -0.2) is 0 Å². The Morgan fingerprint density at radius 2 is 2.06 bits per heavy atom. The lowest BCUT2D eigenvalue weighted by atomic mass is 10.2. The zero-order valence-electron chi connectivity index (χ0n) is 9.82. The van der Waals surface area contributed by atoms with Gasteiger partial charge in [-0.2, -0.15) is 13.2 Å². The van der Waals surface area contributed by atoms with Gasteiger partial charge in [0.1, 0.15) is 0 Å². The topological polar surface area (TPSA) is 12.0 Å². The maximum Gasteiger partial charge on any atom is 0.416 e. The molecule has 1 aromatic rings. The van der Waals surface area contributed by atoms with Crippen molar-refractivity contribution in [2.45, 2.75) is 31.3 Å². The van der Waals surface area contributed by atoms with Crippen LogP contribution in [0.15, 0.2) is 22.7 Å². The highest BCUT2D eigenvalue weighted by atomic mass is 79.9. The standard InChI is InChI=1S/C12H14BrClF3N/c1-2-9(14)5-6-18-11-4-3-8(7-10(11)13)12(15,16)17/h3-4,7,9,18H,2,5-6H2,1H3. The van der Waals surface area contributed by atoms with Crippen LogP contribution < -0.4 is 5.32 Å². The van der Waals surface area contributed by atoms with E-state index in [4.69, 9.17) is 11.6 Å². The highest BCUT2D eigenvalue weighted by Gasteiger charge is 2.30. The molecule has 0 amide bonds. The fourth-order valence-electron chi connectivity index (χ4n) is 1.40. The third-order valence-electron chi connectivity index (χ3n) is 2.51. The predicted molar refractivity (Wildman–Crippen MR) is 72.2 cm³/mol. The van der Waals surface area contributed by atoms with Gasteiger partial charge in [0.15, 0.2) is 0 Å². The Labute approximate surface area is 118 Å². The van der Waals surface area contributed by atoms with Crippen molar-refractivity contribution in [1.29, 1.82) is 0 Å². The quantitative estimate of drug-likeness (QED) is 0.716. The molecule has 6 heteroatoms. The Balaban J connectivity index is 2.63. The van der Waals surface area contributed by atoms with Gasteiger partial charge in [-0.3, -0.25) is 0 Å². The van der Waals surface area contributed by atoms with Gasteiger partial charge in [0.2, 0.25) is 0 Å². The molecule has 0 saturated carbocycles. The van der Waals surface area contributed by atoms with Crippen LogP contribution in [0.4, 0.5) is 18.9 Å². The van der Waals surface area contributed by atoms with Gasteiger partial charge < -0.3 is 5.32 Å². The largest absolute Gasteiger partial charge is 0.416 e. The average molecular weight is 345 g/mol. The molecular weight excluding hydrogens is 330 g/mol. The fraction of sp³-hybridized carbons (Fsp3) is 0.500. The van der Waals surface area contributed by atoms with Crippen LogP contribution >= 0.6 is 27.5 Å². The van der Waals surface area contributed by atoms with E-state index >= 15 is 0 Å². The Morgan fingerprint density at radius 1 is 1.39 bits per heavy atom. The Hall–Kier alpha value is -0.420. The summed E-state index contributed by atoms with van der Waals surface area (Å²) in [5.41, 5.74) is -0.0216. The van der Waals surface area contributed by atoms with Gasteiger partial charge in [-0.1, -0.05) is 6.92 Å². The van der Waals surface area contributed by atoms with E-state index in [9.17, 15) is 13.2 Å². The first kappa shape index (κ1) is 15.6. The summed E-state index contributed by atoms with van der Waals surface area (Å²) in [7, 11) is 0. The summed E-state index contributed by atoms with van der Waals surface area (Å²) in [5.74, 6) is 0. The van der Waals surface area contributed by atoms with E-state index in [1.54, 1.807) is 0 Å². The first-order valence-electron chi connectivity index (χ1n) is 5.59. The summed E-state index contributed by atoms with van der Waals surface area (Å²) < 4.78 is 37.7. The summed E-state index contributed by atoms with van der Waals surface area (Å²) >= 11 is 9.08. The van der Waals surface area contributed by atoms with E-state index in [1.165, 1.54) is 6.07 Å². The summed E-state index contributed by atoms with van der Waals surface area (Å²) in [6, 6.07) is 3.55. The molecule has 0 fully saturated rings. The van der Waals surface area contributed by atoms with Gasteiger partial charge in [0, 0.05) is 22.1 Å². The van der Waals surface area contributed by atoms with E-state index in [2.05, 4.69) is 21.2 Å². The molecule has 1 atom stereocenters. The fourth-order valence-corrected chi connectivity index (χ4v) is 2.03. The van der Waals surface area contributed by atoms with E-state index in [-0.39, 0.29) is 5.38 Å². The molecule has 1 nitrogen and oxygen atoms in total. The minimum atomic E-state index is -4.31. The zero-order valence-corrected chi connectivity index (χ0v) is 12.2. The summed E-state index contributed by atoms with van der Waals surface area (Å²) in [6.45, 7) is 2.62. The van der Waals surface area contributed by atoms with E-state index in [0.29, 0.717) is 16.7 Å². The molecule has 0 radical (unpaired) electrons. The number of anilines is 1. The van der Waals surface area contributed by atoms with Crippen LogP contribution in [0.2, 0.25) is 0 Å². The molecule has 0 heterocycles. The van der Waals surface area contributed by atoms with Gasteiger partial charge in [-0.05, 0) is 47.0 Å². The zero-order chi connectivity index (χ0) is 13.8. The molecule has 1 aromatic carbocycles. The van der Waals surface area contributed by atoms with Crippen molar-refractivity contribution >= 4 is 33.2 Å². The summed E-state index contributed by atoms with van der Waals surface area (Å²) in [4.78, 5) is 0. The van der Waals surface area contributed by atoms with Crippen molar-refractivity contribution in [2.75, 3.05) is 11.9 Å². The first-order chi connectivity index (χ1) is 8.34. The van der Waals surface area contributed by atoms with Crippen molar-refractivity contribution in [2.24, 2.45) is 0 Å². The molecule has 1 unspecified atom stereocenters. The van der Waals surface area contributed by atoms with Gasteiger partial charge in [0.05, 0.1) is 5.56 Å². The maximum absolute atomic E-state index is 12.4. The number of rotatable bonds is 5. The average Bonchev–Trinajstić information content (AvgIpc) is 2.29. The van der Waals surface area contributed by atoms with Gasteiger partial charge >= 0.3 is 6.18 Å². The number of halogens is 5. The molecule has 0 aromatic heterocycles. The Bertz CT molecular complexity index is 395. The van der Waals surface area contributed by atoms with Crippen molar-refractivity contribution < 1.29 is 13.2 Å². The van der Waals surface area contributed by atoms with Crippen LogP contribution in [0.1, 0.15) is 25.3 Å². The van der Waals surface area contributed by atoms with Gasteiger partial charge in [0.25, 0.3) is 0 Å². The van der Waals surface area contributed by atoms with Crippen LogP contribution in [-0.4, -0.2) is 11.9 Å². The van der Waals surface area contributed by atoms with Gasteiger partial charge in [-0.15, -0.1) is 11.6 Å². The molecule has 0 aliphatic rings. The number of hydrogen-bond donors (Lipinski definition) is 1. The second-order valence-corrected chi connectivity index (χ2v) is 5.38. The van der Waals surface area contributed by atoms with Crippen molar-refractivity contribution in [3.05, 3.63) is 28.2 Å². The smallest absolute Gasteiger partial charge is 0.384 e. The molecule has 0 aliphatic heterocycles. The molecule has 0 aliphatic carbocycles. The van der Waals surface area contributed by atoms with Crippen molar-refractivity contribution in [1.82, 2.24) is 0 Å². The van der Waals surface area contributed by atoms with Crippen LogP contribution in [0.5, 0.6) is 0 Å². The van der Waals surface area contributed by atoms with Crippen molar-refractivity contribution in [3.63, 3.8) is 0 Å². The SMILES string of the molecule is CCC(Cl)CCNc1ccc(C(F)(F)F)cc1Br. The highest BCUT2D eigenvalue weighted by Crippen LogP contribution is 2.33. The number of hydrogen-bond acceptors (Lipinski definition) is 1. The van der Waals surface area contributed by atoms with Crippen LogP contribution in [0, 0.1) is 0 Å². The normalized spacial score (nSPS) is 13.4. The molecule has 1 rings (SSSR count). The lowest BCUT2D eigenvalue weighted by Gasteiger charge is -2.13. The molecule has 18 heavy (non-hydrogen) atoms. The molecule has 0 spiro atoms. The van der Waals surface area contributed by atoms with Crippen LogP contribution in [0.25, 0.3) is 0 Å². The monoisotopic (exact) mass is 343 g/mol. The molecule has 1 N–H and O–H groups in total. The Kier molecular flexibility index (Phi) is 5.79. The van der Waals surface area contributed by atoms with Crippen molar-refractivity contribution in [3.8, 4) is 0 Å². The Morgan fingerprint density at radius 3 is 2.56 bits per heavy atom. The second-order valence-electron chi connectivity index (χ2n) is 3.91. The minimum absolute atomic E-state index is 0.0886. The predicted octanol–water partition coefficient (Wildman–Crippen LogP) is 5.29. The number of benzene rings is 1. The van der Waals surface area contributed by atoms with E-state index in [0.717, 1.165) is 25.0 Å². The summed E-state index contributed by atoms with van der Waals surface area (Å²) in [5, 5.41) is 3.15. The lowest BCUT2D eigenvalue weighted by molar-refractivity contribution is -0.137. The third kappa shape index (κ3) is 4.69. The summed E-state index contributed by atoms with van der Waals surface area (Å²) in [6.07, 6.45) is -2.67. The van der Waals surface area contributed by atoms with E-state index < -0.39 is 11.7 Å². The van der Waals surface area contributed by atoms with Crippen LogP contribution in [0.3, 0.4) is 0 Å². The first-order valence-corrected chi connectivity index (χ1v) is 6.82.